The SMILES string of the molecule is O=C1CCC=CCC(CC(=O)N2CCCC2CO)C(=O)NC(COCc2ccccc2)CO1. The van der Waals surface area contributed by atoms with Crippen LogP contribution in [0.15, 0.2) is 42.5 Å². The third kappa shape index (κ3) is 7.98. The van der Waals surface area contributed by atoms with Crippen LogP contribution in [-0.4, -0.2) is 66.2 Å². The quantitative estimate of drug-likeness (QED) is 0.478. The number of nitrogens with zero attached hydrogens (tertiary/aromatic N) is 1. The van der Waals surface area contributed by atoms with E-state index in [1.165, 1.54) is 0 Å². The van der Waals surface area contributed by atoms with E-state index in [4.69, 9.17) is 9.47 Å². The summed E-state index contributed by atoms with van der Waals surface area (Å²) < 4.78 is 11.1. The Bertz CT molecular complexity index is 812. The molecule has 0 radical (unpaired) electrons. The van der Waals surface area contributed by atoms with Crippen LogP contribution in [0.3, 0.4) is 0 Å². The molecule has 8 heteroatoms. The first kappa shape index (κ1) is 24.9. The number of benzene rings is 1. The van der Waals surface area contributed by atoms with Crippen molar-refractivity contribution in [2.24, 2.45) is 5.92 Å². The number of amides is 2. The summed E-state index contributed by atoms with van der Waals surface area (Å²) >= 11 is 0. The summed E-state index contributed by atoms with van der Waals surface area (Å²) in [6.07, 6.45) is 6.60. The zero-order valence-electron chi connectivity index (χ0n) is 19.0. The molecule has 0 aliphatic carbocycles. The lowest BCUT2D eigenvalue weighted by Gasteiger charge is -2.26. The van der Waals surface area contributed by atoms with Gasteiger partial charge in [0, 0.05) is 19.4 Å². The molecule has 1 aromatic carbocycles. The summed E-state index contributed by atoms with van der Waals surface area (Å²) in [5.41, 5.74) is 1.01. The average Bonchev–Trinajstić information content (AvgIpc) is 3.30. The minimum absolute atomic E-state index is 0.0163. The summed E-state index contributed by atoms with van der Waals surface area (Å²) in [6, 6.07) is 9.00. The highest BCUT2D eigenvalue weighted by molar-refractivity contribution is 5.86. The standard InChI is InChI=1S/C25H34N2O6/c28-15-22-11-7-13-27(22)23(29)14-20-10-5-2-6-12-24(30)33-18-21(26-25(20)31)17-32-16-19-8-3-1-4-9-19/h1-5,8-9,20-22,28H,6-7,10-18H2,(H,26,31). The van der Waals surface area contributed by atoms with E-state index in [-0.39, 0.29) is 56.5 Å². The third-order valence-electron chi connectivity index (χ3n) is 6.02. The van der Waals surface area contributed by atoms with Gasteiger partial charge in [-0.3, -0.25) is 14.4 Å². The normalized spacial score (nSPS) is 24.5. The Balaban J connectivity index is 1.63. The molecule has 2 N–H and O–H groups in total. The molecule has 0 aromatic heterocycles. The van der Waals surface area contributed by atoms with Gasteiger partial charge in [0.2, 0.25) is 11.8 Å². The number of hydrogen-bond acceptors (Lipinski definition) is 6. The number of esters is 1. The highest BCUT2D eigenvalue weighted by Crippen LogP contribution is 2.21. The number of nitrogens with one attached hydrogen (secondary N) is 1. The molecule has 0 saturated carbocycles. The second-order valence-electron chi connectivity index (χ2n) is 8.60. The lowest BCUT2D eigenvalue weighted by molar-refractivity contribution is -0.146. The Morgan fingerprint density at radius 2 is 2.03 bits per heavy atom. The number of cyclic esters (lactones) is 1. The number of rotatable bonds is 7. The summed E-state index contributed by atoms with van der Waals surface area (Å²) in [5, 5.41) is 12.5. The van der Waals surface area contributed by atoms with E-state index in [1.54, 1.807) is 4.90 Å². The summed E-state index contributed by atoms with van der Waals surface area (Å²) in [5.74, 6) is -1.24. The van der Waals surface area contributed by atoms with Gasteiger partial charge in [-0.25, -0.2) is 0 Å². The van der Waals surface area contributed by atoms with Crippen LogP contribution in [0.2, 0.25) is 0 Å². The third-order valence-corrected chi connectivity index (χ3v) is 6.02. The molecule has 1 fully saturated rings. The van der Waals surface area contributed by atoms with Crippen LogP contribution < -0.4 is 5.32 Å². The van der Waals surface area contributed by atoms with Crippen LogP contribution in [0.4, 0.5) is 0 Å². The van der Waals surface area contributed by atoms with Gasteiger partial charge in [-0.15, -0.1) is 0 Å². The molecule has 8 nitrogen and oxygen atoms in total. The van der Waals surface area contributed by atoms with Gasteiger partial charge in [-0.05, 0) is 31.2 Å². The summed E-state index contributed by atoms with van der Waals surface area (Å²) in [7, 11) is 0. The number of allylic oxidation sites excluding steroid dienone is 2. The Labute approximate surface area is 194 Å². The fourth-order valence-electron chi connectivity index (χ4n) is 4.15. The van der Waals surface area contributed by atoms with Gasteiger partial charge in [-0.2, -0.15) is 0 Å². The minimum atomic E-state index is -0.541. The van der Waals surface area contributed by atoms with Gasteiger partial charge in [0.05, 0.1) is 37.8 Å². The molecule has 33 heavy (non-hydrogen) atoms. The van der Waals surface area contributed by atoms with Crippen molar-refractivity contribution in [2.75, 3.05) is 26.4 Å². The first-order chi connectivity index (χ1) is 16.1. The van der Waals surface area contributed by atoms with E-state index >= 15 is 0 Å². The van der Waals surface area contributed by atoms with Gasteiger partial charge in [0.1, 0.15) is 6.61 Å². The largest absolute Gasteiger partial charge is 0.463 e. The molecule has 2 aliphatic heterocycles. The first-order valence-electron chi connectivity index (χ1n) is 11.7. The predicted octanol–water partition coefficient (Wildman–Crippen LogP) is 1.96. The van der Waals surface area contributed by atoms with Crippen LogP contribution >= 0.6 is 0 Å². The van der Waals surface area contributed by atoms with Gasteiger partial charge in [-0.1, -0.05) is 42.5 Å². The van der Waals surface area contributed by atoms with Crippen LogP contribution in [-0.2, 0) is 30.5 Å². The molecular weight excluding hydrogens is 424 g/mol. The average molecular weight is 459 g/mol. The van der Waals surface area contributed by atoms with Crippen molar-refractivity contribution >= 4 is 17.8 Å². The Kier molecular flexibility index (Phi) is 9.90. The summed E-state index contributed by atoms with van der Waals surface area (Å²) in [6.45, 7) is 1.13. The maximum atomic E-state index is 13.1. The number of ether oxygens (including phenoxy) is 2. The van der Waals surface area contributed by atoms with E-state index in [0.717, 1.165) is 18.4 Å². The lowest BCUT2D eigenvalue weighted by Crippen LogP contribution is -2.46. The maximum absolute atomic E-state index is 13.1. The van der Waals surface area contributed by atoms with Crippen molar-refractivity contribution in [2.45, 2.75) is 57.2 Å². The first-order valence-corrected chi connectivity index (χ1v) is 11.7. The van der Waals surface area contributed by atoms with E-state index in [1.807, 2.05) is 42.5 Å². The minimum Gasteiger partial charge on any atom is -0.463 e. The molecule has 2 heterocycles. The molecule has 2 amide bonds. The fourth-order valence-corrected chi connectivity index (χ4v) is 4.15. The maximum Gasteiger partial charge on any atom is 0.306 e. The molecular formula is C25H34N2O6. The van der Waals surface area contributed by atoms with Crippen molar-refractivity contribution in [1.82, 2.24) is 10.2 Å². The molecule has 3 rings (SSSR count). The molecule has 3 unspecified atom stereocenters. The smallest absolute Gasteiger partial charge is 0.306 e. The van der Waals surface area contributed by atoms with Gasteiger partial charge < -0.3 is 24.8 Å². The van der Waals surface area contributed by atoms with Crippen LogP contribution in [0.25, 0.3) is 0 Å². The second-order valence-corrected chi connectivity index (χ2v) is 8.60. The number of carbonyl (C=O) groups is 3. The molecule has 2 aliphatic rings. The van der Waals surface area contributed by atoms with Crippen molar-refractivity contribution in [3.05, 3.63) is 48.0 Å². The Morgan fingerprint density at radius 3 is 2.82 bits per heavy atom. The molecule has 0 bridgehead atoms. The van der Waals surface area contributed by atoms with Crippen molar-refractivity contribution < 1.29 is 29.0 Å². The predicted molar refractivity (Wildman–Crippen MR) is 122 cm³/mol. The van der Waals surface area contributed by atoms with E-state index < -0.39 is 12.0 Å². The molecule has 180 valence electrons. The van der Waals surface area contributed by atoms with Gasteiger partial charge in [0.15, 0.2) is 0 Å². The summed E-state index contributed by atoms with van der Waals surface area (Å²) in [4.78, 5) is 39.6. The molecule has 3 atom stereocenters. The van der Waals surface area contributed by atoms with Crippen LogP contribution in [0.1, 0.15) is 44.1 Å². The van der Waals surface area contributed by atoms with E-state index in [9.17, 15) is 19.5 Å². The Morgan fingerprint density at radius 1 is 1.21 bits per heavy atom. The fraction of sp³-hybridized carbons (Fsp3) is 0.560. The lowest BCUT2D eigenvalue weighted by atomic mass is 9.98. The van der Waals surface area contributed by atoms with Crippen LogP contribution in [0, 0.1) is 5.92 Å². The number of carbonyl (C=O) groups excluding carboxylic acids is 3. The zero-order chi connectivity index (χ0) is 23.5. The monoisotopic (exact) mass is 458 g/mol. The number of aliphatic hydroxyl groups excluding tert-OH is 1. The van der Waals surface area contributed by atoms with Crippen LogP contribution in [0.5, 0.6) is 0 Å². The number of likely N-dealkylation sites (tertiary alicyclic amines) is 1. The zero-order valence-corrected chi connectivity index (χ0v) is 19.0. The van der Waals surface area contributed by atoms with E-state index in [2.05, 4.69) is 5.32 Å². The molecule has 0 spiro atoms. The Hall–Kier alpha value is -2.71. The van der Waals surface area contributed by atoms with Crippen molar-refractivity contribution in [3.8, 4) is 0 Å². The number of hydrogen-bond donors (Lipinski definition) is 2. The van der Waals surface area contributed by atoms with Gasteiger partial charge in [0.25, 0.3) is 0 Å². The number of aliphatic hydroxyl groups is 1. The van der Waals surface area contributed by atoms with E-state index in [0.29, 0.717) is 26.0 Å². The van der Waals surface area contributed by atoms with Gasteiger partial charge >= 0.3 is 5.97 Å². The highest BCUT2D eigenvalue weighted by Gasteiger charge is 2.31. The van der Waals surface area contributed by atoms with Crippen molar-refractivity contribution in [3.63, 3.8) is 0 Å². The topological polar surface area (TPSA) is 105 Å². The highest BCUT2D eigenvalue weighted by atomic mass is 16.5. The molecule has 1 saturated heterocycles. The molecule has 1 aromatic rings. The second kappa shape index (κ2) is 13.1. The van der Waals surface area contributed by atoms with Crippen molar-refractivity contribution in [1.29, 1.82) is 0 Å².